The van der Waals surface area contributed by atoms with Crippen LogP contribution in [0.25, 0.3) is 22.3 Å². The summed E-state index contributed by atoms with van der Waals surface area (Å²) >= 11 is 0. The fourth-order valence-corrected chi connectivity index (χ4v) is 2.70. The standard InChI is InChI=1S/C21H16F4O2/c1-2-26-16-7-3-13(4-8-16)14-5-9-17(18(22)11-14)15-6-10-20(19(23)12-15)27-21(24)25/h3-12,21H,2H2,1H3. The first-order valence-electron chi connectivity index (χ1n) is 8.25. The monoisotopic (exact) mass is 376 g/mol. The van der Waals surface area contributed by atoms with Gasteiger partial charge in [0.15, 0.2) is 11.6 Å². The zero-order valence-electron chi connectivity index (χ0n) is 14.4. The molecular weight excluding hydrogens is 360 g/mol. The number of rotatable bonds is 6. The molecule has 3 aromatic carbocycles. The lowest BCUT2D eigenvalue weighted by molar-refractivity contribution is -0.0521. The number of ether oxygens (including phenoxy) is 2. The summed E-state index contributed by atoms with van der Waals surface area (Å²) in [5, 5.41) is 0. The van der Waals surface area contributed by atoms with E-state index in [4.69, 9.17) is 4.74 Å². The molecule has 0 aliphatic carbocycles. The molecule has 0 radical (unpaired) electrons. The number of hydrogen-bond acceptors (Lipinski definition) is 2. The van der Waals surface area contributed by atoms with E-state index in [0.717, 1.165) is 23.4 Å². The van der Waals surface area contributed by atoms with Crippen molar-refractivity contribution in [2.24, 2.45) is 0 Å². The van der Waals surface area contributed by atoms with Gasteiger partial charge in [-0.1, -0.05) is 30.3 Å². The van der Waals surface area contributed by atoms with Crippen LogP contribution in [0.2, 0.25) is 0 Å². The average molecular weight is 376 g/mol. The van der Waals surface area contributed by atoms with Crippen molar-refractivity contribution in [1.82, 2.24) is 0 Å². The second-order valence-electron chi connectivity index (χ2n) is 5.68. The minimum atomic E-state index is -3.13. The predicted molar refractivity (Wildman–Crippen MR) is 95.0 cm³/mol. The van der Waals surface area contributed by atoms with Crippen molar-refractivity contribution < 1.29 is 27.0 Å². The van der Waals surface area contributed by atoms with E-state index in [2.05, 4.69) is 4.74 Å². The fraction of sp³-hybridized carbons (Fsp3) is 0.143. The zero-order valence-corrected chi connectivity index (χ0v) is 14.4. The third-order valence-electron chi connectivity index (χ3n) is 3.93. The molecule has 0 atom stereocenters. The minimum Gasteiger partial charge on any atom is -0.494 e. The lowest BCUT2D eigenvalue weighted by Gasteiger charge is -2.10. The van der Waals surface area contributed by atoms with Gasteiger partial charge < -0.3 is 9.47 Å². The van der Waals surface area contributed by atoms with Crippen LogP contribution >= 0.6 is 0 Å². The molecule has 0 saturated carbocycles. The molecule has 3 rings (SSSR count). The molecule has 3 aromatic rings. The lowest BCUT2D eigenvalue weighted by atomic mass is 9.99. The Balaban J connectivity index is 1.87. The second-order valence-corrected chi connectivity index (χ2v) is 5.68. The Morgan fingerprint density at radius 1 is 0.778 bits per heavy atom. The van der Waals surface area contributed by atoms with E-state index in [9.17, 15) is 17.6 Å². The molecule has 0 bridgehead atoms. The van der Waals surface area contributed by atoms with Crippen LogP contribution in [-0.2, 0) is 0 Å². The summed E-state index contributed by atoms with van der Waals surface area (Å²) in [6.07, 6.45) is 0. The number of benzene rings is 3. The van der Waals surface area contributed by atoms with Crippen molar-refractivity contribution in [3.05, 3.63) is 72.3 Å². The molecule has 0 N–H and O–H groups in total. The smallest absolute Gasteiger partial charge is 0.387 e. The van der Waals surface area contributed by atoms with Crippen LogP contribution in [0.1, 0.15) is 6.92 Å². The highest BCUT2D eigenvalue weighted by Gasteiger charge is 2.13. The van der Waals surface area contributed by atoms with E-state index in [1.165, 1.54) is 18.2 Å². The number of alkyl halides is 2. The summed E-state index contributed by atoms with van der Waals surface area (Å²) in [4.78, 5) is 0. The molecule has 27 heavy (non-hydrogen) atoms. The van der Waals surface area contributed by atoms with Crippen molar-refractivity contribution in [1.29, 1.82) is 0 Å². The molecule has 140 valence electrons. The van der Waals surface area contributed by atoms with Gasteiger partial charge in [0.25, 0.3) is 0 Å². The Labute approximate surface area is 154 Å². The van der Waals surface area contributed by atoms with Gasteiger partial charge in [-0.15, -0.1) is 0 Å². The van der Waals surface area contributed by atoms with Gasteiger partial charge in [0.2, 0.25) is 0 Å². The van der Waals surface area contributed by atoms with Gasteiger partial charge in [-0.05, 0) is 53.9 Å². The molecule has 0 fully saturated rings. The Morgan fingerprint density at radius 3 is 2.00 bits per heavy atom. The first-order valence-corrected chi connectivity index (χ1v) is 8.25. The summed E-state index contributed by atoms with van der Waals surface area (Å²) in [5.74, 6) is -1.40. The summed E-state index contributed by atoms with van der Waals surface area (Å²) in [5.41, 5.74) is 1.84. The van der Waals surface area contributed by atoms with Gasteiger partial charge in [-0.2, -0.15) is 8.78 Å². The SMILES string of the molecule is CCOc1ccc(-c2ccc(-c3ccc(OC(F)F)c(F)c3)c(F)c2)cc1. The molecule has 0 unspecified atom stereocenters. The summed E-state index contributed by atoms with van der Waals surface area (Å²) < 4.78 is 62.3. The minimum absolute atomic E-state index is 0.159. The number of halogens is 4. The first kappa shape index (κ1) is 18.8. The molecule has 0 aliphatic heterocycles. The Kier molecular flexibility index (Phi) is 5.64. The zero-order chi connectivity index (χ0) is 19.4. The van der Waals surface area contributed by atoms with Crippen molar-refractivity contribution in [3.8, 4) is 33.8 Å². The van der Waals surface area contributed by atoms with E-state index in [-0.39, 0.29) is 11.1 Å². The van der Waals surface area contributed by atoms with Crippen molar-refractivity contribution in [2.75, 3.05) is 6.61 Å². The molecule has 0 amide bonds. The molecule has 0 aliphatic rings. The van der Waals surface area contributed by atoms with Crippen LogP contribution < -0.4 is 9.47 Å². The van der Waals surface area contributed by atoms with Crippen LogP contribution in [0.5, 0.6) is 11.5 Å². The molecular formula is C21H16F4O2. The summed E-state index contributed by atoms with van der Waals surface area (Å²) in [6, 6.07) is 15.1. The third-order valence-corrected chi connectivity index (χ3v) is 3.93. The molecule has 2 nitrogen and oxygen atoms in total. The topological polar surface area (TPSA) is 18.5 Å². The Hall–Kier alpha value is -3.02. The maximum absolute atomic E-state index is 14.6. The lowest BCUT2D eigenvalue weighted by Crippen LogP contribution is -2.03. The maximum Gasteiger partial charge on any atom is 0.387 e. The van der Waals surface area contributed by atoms with Crippen molar-refractivity contribution >= 4 is 0 Å². The van der Waals surface area contributed by atoms with E-state index < -0.39 is 24.0 Å². The van der Waals surface area contributed by atoms with Crippen molar-refractivity contribution in [3.63, 3.8) is 0 Å². The highest BCUT2D eigenvalue weighted by Crippen LogP contribution is 2.31. The molecule has 0 spiro atoms. The van der Waals surface area contributed by atoms with E-state index >= 15 is 0 Å². The van der Waals surface area contributed by atoms with Gasteiger partial charge in [-0.25, -0.2) is 8.78 Å². The third kappa shape index (κ3) is 4.39. The molecule has 0 saturated heterocycles. The number of hydrogen-bond donors (Lipinski definition) is 0. The summed E-state index contributed by atoms with van der Waals surface area (Å²) in [6.45, 7) is -0.687. The van der Waals surface area contributed by atoms with E-state index in [1.54, 1.807) is 18.2 Å². The highest BCUT2D eigenvalue weighted by atomic mass is 19.3. The van der Waals surface area contributed by atoms with Gasteiger partial charge in [0, 0.05) is 5.56 Å². The van der Waals surface area contributed by atoms with Gasteiger partial charge in [0.1, 0.15) is 11.6 Å². The Morgan fingerprint density at radius 2 is 1.41 bits per heavy atom. The van der Waals surface area contributed by atoms with Crippen LogP contribution in [0, 0.1) is 11.6 Å². The maximum atomic E-state index is 14.6. The fourth-order valence-electron chi connectivity index (χ4n) is 2.70. The summed E-state index contributed by atoms with van der Waals surface area (Å²) in [7, 11) is 0. The molecule has 6 heteroatoms. The van der Waals surface area contributed by atoms with Crippen LogP contribution in [0.3, 0.4) is 0 Å². The predicted octanol–water partition coefficient (Wildman–Crippen LogP) is 6.30. The van der Waals surface area contributed by atoms with Crippen LogP contribution in [-0.4, -0.2) is 13.2 Å². The van der Waals surface area contributed by atoms with Gasteiger partial charge in [-0.3, -0.25) is 0 Å². The molecule has 0 aromatic heterocycles. The average Bonchev–Trinajstić information content (AvgIpc) is 2.64. The quantitative estimate of drug-likeness (QED) is 0.470. The van der Waals surface area contributed by atoms with E-state index in [0.29, 0.717) is 12.2 Å². The first-order chi connectivity index (χ1) is 13.0. The molecule has 0 heterocycles. The highest BCUT2D eigenvalue weighted by molar-refractivity contribution is 5.71. The second kappa shape index (κ2) is 8.12. The largest absolute Gasteiger partial charge is 0.494 e. The van der Waals surface area contributed by atoms with Crippen LogP contribution in [0.15, 0.2) is 60.7 Å². The normalized spacial score (nSPS) is 10.9. The van der Waals surface area contributed by atoms with Gasteiger partial charge in [0.05, 0.1) is 6.61 Å². The van der Waals surface area contributed by atoms with E-state index in [1.807, 2.05) is 19.1 Å². The van der Waals surface area contributed by atoms with Crippen molar-refractivity contribution in [2.45, 2.75) is 13.5 Å². The Bertz CT molecular complexity index is 924. The van der Waals surface area contributed by atoms with Gasteiger partial charge >= 0.3 is 6.61 Å². The van der Waals surface area contributed by atoms with Crippen LogP contribution in [0.4, 0.5) is 17.6 Å².